The molecule has 1 saturated carbocycles. The maximum Gasteiger partial charge on any atom is 0.0161 e. The smallest absolute Gasteiger partial charge is 0.0161 e. The predicted molar refractivity (Wildman–Crippen MR) is 81.3 cm³/mol. The van der Waals surface area contributed by atoms with Crippen LogP contribution in [0.15, 0.2) is 29.2 Å². The molecular formula is C16H25NS. The summed E-state index contributed by atoms with van der Waals surface area (Å²) in [5.41, 5.74) is 1.34. The summed E-state index contributed by atoms with van der Waals surface area (Å²) in [5, 5.41) is 3.49. The van der Waals surface area contributed by atoms with E-state index >= 15 is 0 Å². The topological polar surface area (TPSA) is 12.0 Å². The molecule has 0 amide bonds. The lowest BCUT2D eigenvalue weighted by Gasteiger charge is -2.19. The van der Waals surface area contributed by atoms with Crippen LogP contribution in [0.2, 0.25) is 0 Å². The van der Waals surface area contributed by atoms with Crippen molar-refractivity contribution in [3.8, 4) is 0 Å². The summed E-state index contributed by atoms with van der Waals surface area (Å²) < 4.78 is 0. The van der Waals surface area contributed by atoms with Gasteiger partial charge in [0.2, 0.25) is 0 Å². The Morgan fingerprint density at radius 3 is 2.50 bits per heavy atom. The van der Waals surface area contributed by atoms with Crippen molar-refractivity contribution >= 4 is 11.8 Å². The average molecular weight is 263 g/mol. The molecule has 2 heteroatoms. The molecule has 1 nitrogen and oxygen atoms in total. The number of thioether (sulfide) groups is 1. The van der Waals surface area contributed by atoms with Crippen molar-refractivity contribution in [3.63, 3.8) is 0 Å². The van der Waals surface area contributed by atoms with Gasteiger partial charge in [-0.3, -0.25) is 0 Å². The standard InChI is InChI=1S/C16H25NS/c1-13-7-9-16(10-8-13)18-12-15(17-2)11-14-5-3-4-6-14/h7-10,14-15,17H,3-6,11-12H2,1-2H3. The zero-order chi connectivity index (χ0) is 12.8. The van der Waals surface area contributed by atoms with Crippen LogP contribution in [0.25, 0.3) is 0 Å². The van der Waals surface area contributed by atoms with Gasteiger partial charge in [0, 0.05) is 16.7 Å². The fraction of sp³-hybridized carbons (Fsp3) is 0.625. The van der Waals surface area contributed by atoms with E-state index in [4.69, 9.17) is 0 Å². The molecule has 1 N–H and O–H groups in total. The van der Waals surface area contributed by atoms with Crippen molar-refractivity contribution < 1.29 is 0 Å². The molecule has 100 valence electrons. The molecule has 1 aromatic rings. The number of hydrogen-bond acceptors (Lipinski definition) is 2. The van der Waals surface area contributed by atoms with Crippen LogP contribution in [0.4, 0.5) is 0 Å². The summed E-state index contributed by atoms with van der Waals surface area (Å²) in [5.74, 6) is 2.16. The van der Waals surface area contributed by atoms with Gasteiger partial charge >= 0.3 is 0 Å². The maximum absolute atomic E-state index is 3.49. The van der Waals surface area contributed by atoms with Gasteiger partial charge in [0.25, 0.3) is 0 Å². The zero-order valence-corrected chi connectivity index (χ0v) is 12.4. The third-order valence-corrected chi connectivity index (χ3v) is 5.15. The van der Waals surface area contributed by atoms with E-state index < -0.39 is 0 Å². The van der Waals surface area contributed by atoms with Crippen molar-refractivity contribution in [1.29, 1.82) is 0 Å². The van der Waals surface area contributed by atoms with Crippen LogP contribution in [0.5, 0.6) is 0 Å². The Kier molecular flexibility index (Phi) is 5.58. The molecule has 0 spiro atoms. The first-order valence-corrected chi connectivity index (χ1v) is 8.13. The second kappa shape index (κ2) is 7.20. The van der Waals surface area contributed by atoms with E-state index in [2.05, 4.69) is 43.6 Å². The molecule has 0 bridgehead atoms. The quantitative estimate of drug-likeness (QED) is 0.770. The Labute approximate surface area is 116 Å². The summed E-state index contributed by atoms with van der Waals surface area (Å²) >= 11 is 1.98. The van der Waals surface area contributed by atoms with Gasteiger partial charge in [-0.05, 0) is 38.4 Å². The molecule has 0 aromatic heterocycles. The maximum atomic E-state index is 3.49. The molecular weight excluding hydrogens is 238 g/mol. The van der Waals surface area contributed by atoms with Crippen LogP contribution < -0.4 is 5.32 Å². The molecule has 1 aromatic carbocycles. The number of benzene rings is 1. The van der Waals surface area contributed by atoms with Gasteiger partial charge in [-0.2, -0.15) is 0 Å². The Bertz CT molecular complexity index is 341. The highest BCUT2D eigenvalue weighted by molar-refractivity contribution is 7.99. The van der Waals surface area contributed by atoms with Gasteiger partial charge in [-0.25, -0.2) is 0 Å². The molecule has 0 aliphatic heterocycles. The molecule has 2 rings (SSSR count). The van der Waals surface area contributed by atoms with E-state index in [1.54, 1.807) is 0 Å². The second-order valence-corrected chi connectivity index (χ2v) is 6.59. The number of nitrogens with one attached hydrogen (secondary N) is 1. The molecule has 18 heavy (non-hydrogen) atoms. The van der Waals surface area contributed by atoms with Gasteiger partial charge in [-0.1, -0.05) is 43.4 Å². The van der Waals surface area contributed by atoms with E-state index in [-0.39, 0.29) is 0 Å². The number of rotatable bonds is 6. The van der Waals surface area contributed by atoms with E-state index in [0.29, 0.717) is 6.04 Å². The zero-order valence-electron chi connectivity index (χ0n) is 11.6. The fourth-order valence-electron chi connectivity index (χ4n) is 2.75. The molecule has 0 saturated heterocycles. The lowest BCUT2D eigenvalue weighted by molar-refractivity contribution is 0.427. The Morgan fingerprint density at radius 1 is 1.22 bits per heavy atom. The molecule has 0 radical (unpaired) electrons. The van der Waals surface area contributed by atoms with Crippen molar-refractivity contribution in [2.45, 2.75) is 50.0 Å². The number of aryl methyl sites for hydroxylation is 1. The summed E-state index contributed by atoms with van der Waals surface area (Å²) in [7, 11) is 2.11. The van der Waals surface area contributed by atoms with Gasteiger partial charge < -0.3 is 5.32 Å². The van der Waals surface area contributed by atoms with E-state index in [1.807, 2.05) is 11.8 Å². The van der Waals surface area contributed by atoms with Gasteiger partial charge in [0.1, 0.15) is 0 Å². The summed E-state index contributed by atoms with van der Waals surface area (Å²) in [6.07, 6.45) is 7.16. The summed E-state index contributed by atoms with van der Waals surface area (Å²) in [6.45, 7) is 2.14. The largest absolute Gasteiger partial charge is 0.316 e. The van der Waals surface area contributed by atoms with Crippen molar-refractivity contribution in [3.05, 3.63) is 29.8 Å². The summed E-state index contributed by atoms with van der Waals surface area (Å²) in [4.78, 5) is 1.40. The van der Waals surface area contributed by atoms with E-state index in [9.17, 15) is 0 Å². The minimum Gasteiger partial charge on any atom is -0.316 e. The lowest BCUT2D eigenvalue weighted by Crippen LogP contribution is -2.29. The van der Waals surface area contributed by atoms with Crippen molar-refractivity contribution in [2.24, 2.45) is 5.92 Å². The van der Waals surface area contributed by atoms with Crippen molar-refractivity contribution in [2.75, 3.05) is 12.8 Å². The monoisotopic (exact) mass is 263 g/mol. The van der Waals surface area contributed by atoms with Crippen LogP contribution in [-0.4, -0.2) is 18.8 Å². The first-order valence-electron chi connectivity index (χ1n) is 7.14. The van der Waals surface area contributed by atoms with Gasteiger partial charge in [-0.15, -0.1) is 11.8 Å². The SMILES string of the molecule is CNC(CSc1ccc(C)cc1)CC1CCCC1. The summed E-state index contributed by atoms with van der Waals surface area (Å²) in [6, 6.07) is 9.55. The van der Waals surface area contributed by atoms with Crippen molar-refractivity contribution in [1.82, 2.24) is 5.32 Å². The molecule has 0 heterocycles. The fourth-order valence-corrected chi connectivity index (χ4v) is 3.77. The van der Waals surface area contributed by atoms with Crippen LogP contribution in [0, 0.1) is 12.8 Å². The normalized spacial score (nSPS) is 18.1. The van der Waals surface area contributed by atoms with E-state index in [0.717, 1.165) is 5.92 Å². The highest BCUT2D eigenvalue weighted by Crippen LogP contribution is 2.30. The highest BCUT2D eigenvalue weighted by atomic mass is 32.2. The lowest BCUT2D eigenvalue weighted by atomic mass is 9.99. The van der Waals surface area contributed by atoms with Gasteiger partial charge in [0.15, 0.2) is 0 Å². The molecule has 1 aliphatic carbocycles. The molecule has 1 fully saturated rings. The third-order valence-electron chi connectivity index (χ3n) is 3.97. The minimum atomic E-state index is 0.666. The highest BCUT2D eigenvalue weighted by Gasteiger charge is 2.19. The van der Waals surface area contributed by atoms with Crippen LogP contribution in [-0.2, 0) is 0 Å². The minimum absolute atomic E-state index is 0.666. The predicted octanol–water partition coefficient (Wildman–Crippen LogP) is 4.26. The third kappa shape index (κ3) is 4.33. The average Bonchev–Trinajstić information content (AvgIpc) is 2.89. The van der Waals surface area contributed by atoms with Crippen LogP contribution in [0.1, 0.15) is 37.7 Å². The Morgan fingerprint density at radius 2 is 1.89 bits per heavy atom. The Balaban J connectivity index is 1.77. The van der Waals surface area contributed by atoms with Crippen LogP contribution in [0.3, 0.4) is 0 Å². The molecule has 1 atom stereocenters. The first-order chi connectivity index (χ1) is 8.78. The molecule has 1 aliphatic rings. The van der Waals surface area contributed by atoms with E-state index in [1.165, 1.54) is 48.3 Å². The first kappa shape index (κ1) is 14.0. The van der Waals surface area contributed by atoms with Crippen LogP contribution >= 0.6 is 11.8 Å². The second-order valence-electron chi connectivity index (χ2n) is 5.50. The molecule has 1 unspecified atom stereocenters. The Hall–Kier alpha value is -0.470. The van der Waals surface area contributed by atoms with Gasteiger partial charge in [0.05, 0.1) is 0 Å². The number of hydrogen-bond donors (Lipinski definition) is 1.